The lowest BCUT2D eigenvalue weighted by Gasteiger charge is -2.34. The Labute approximate surface area is 181 Å². The molecule has 2 aromatic rings. The highest BCUT2D eigenvalue weighted by Gasteiger charge is 2.31. The number of rotatable bonds is 5. The molecular formula is C22H31ClN2O3S. The second-order valence-electron chi connectivity index (χ2n) is 7.62. The molecule has 1 aliphatic rings. The highest BCUT2D eigenvalue weighted by atomic mass is 35.5. The summed E-state index contributed by atoms with van der Waals surface area (Å²) in [5.41, 5.74) is 4.96. The van der Waals surface area contributed by atoms with Crippen molar-refractivity contribution in [2.24, 2.45) is 0 Å². The van der Waals surface area contributed by atoms with Gasteiger partial charge in [-0.15, -0.1) is 12.4 Å². The highest BCUT2D eigenvalue weighted by molar-refractivity contribution is 7.89. The average Bonchev–Trinajstić information content (AvgIpc) is 2.67. The van der Waals surface area contributed by atoms with Crippen LogP contribution in [0.5, 0.6) is 5.75 Å². The first kappa shape index (κ1) is 23.7. The van der Waals surface area contributed by atoms with Gasteiger partial charge in [-0.1, -0.05) is 18.2 Å². The van der Waals surface area contributed by atoms with Gasteiger partial charge >= 0.3 is 0 Å². The molecule has 0 saturated carbocycles. The van der Waals surface area contributed by atoms with Gasteiger partial charge in [-0.3, -0.25) is 4.90 Å². The number of halogens is 1. The van der Waals surface area contributed by atoms with Crippen molar-refractivity contribution >= 4 is 22.4 Å². The van der Waals surface area contributed by atoms with Gasteiger partial charge in [0.2, 0.25) is 10.0 Å². The Balaban J connectivity index is 0.00000300. The maximum Gasteiger partial charge on any atom is 0.243 e. The fraction of sp³-hybridized carbons (Fsp3) is 0.455. The minimum Gasteiger partial charge on any atom is -0.497 e. The van der Waals surface area contributed by atoms with Crippen molar-refractivity contribution in [2.75, 3.05) is 33.3 Å². The normalized spacial score (nSPS) is 15.8. The maximum atomic E-state index is 13.4. The first-order valence-corrected chi connectivity index (χ1v) is 11.1. The van der Waals surface area contributed by atoms with E-state index in [9.17, 15) is 8.42 Å². The van der Waals surface area contributed by atoms with Crippen LogP contribution in [-0.2, 0) is 16.6 Å². The third kappa shape index (κ3) is 4.94. The fourth-order valence-corrected chi connectivity index (χ4v) is 5.85. The third-order valence-electron chi connectivity index (χ3n) is 5.77. The molecule has 0 aliphatic carbocycles. The minimum atomic E-state index is -3.49. The number of benzene rings is 2. The van der Waals surface area contributed by atoms with Crippen molar-refractivity contribution in [2.45, 2.75) is 39.1 Å². The summed E-state index contributed by atoms with van der Waals surface area (Å²) in [7, 11) is -1.82. The van der Waals surface area contributed by atoms with Crippen LogP contribution < -0.4 is 4.74 Å². The lowest BCUT2D eigenvalue weighted by Crippen LogP contribution is -2.48. The van der Waals surface area contributed by atoms with Crippen LogP contribution in [0.15, 0.2) is 35.2 Å². The van der Waals surface area contributed by atoms with Gasteiger partial charge in [-0.2, -0.15) is 4.31 Å². The fourth-order valence-electron chi connectivity index (χ4n) is 3.85. The van der Waals surface area contributed by atoms with Crippen molar-refractivity contribution in [1.82, 2.24) is 9.21 Å². The van der Waals surface area contributed by atoms with Crippen LogP contribution in [-0.4, -0.2) is 50.9 Å². The predicted octanol–water partition coefficient (Wildman–Crippen LogP) is 3.86. The topological polar surface area (TPSA) is 49.9 Å². The van der Waals surface area contributed by atoms with Crippen LogP contribution in [0.3, 0.4) is 0 Å². The molecule has 160 valence electrons. The summed E-state index contributed by atoms with van der Waals surface area (Å²) >= 11 is 0. The number of sulfonamides is 1. The lowest BCUT2D eigenvalue weighted by atomic mass is 10.0. The van der Waals surface area contributed by atoms with Crippen LogP contribution in [0.25, 0.3) is 0 Å². The van der Waals surface area contributed by atoms with E-state index in [1.54, 1.807) is 11.4 Å². The number of aryl methyl sites for hydroxylation is 2. The zero-order chi connectivity index (χ0) is 20.5. The second-order valence-corrected chi connectivity index (χ2v) is 9.50. The molecule has 1 saturated heterocycles. The van der Waals surface area contributed by atoms with Crippen LogP contribution in [0.4, 0.5) is 0 Å². The van der Waals surface area contributed by atoms with Crippen molar-refractivity contribution in [3.05, 3.63) is 58.1 Å². The van der Waals surface area contributed by atoms with E-state index in [0.717, 1.165) is 47.6 Å². The van der Waals surface area contributed by atoms with E-state index in [0.29, 0.717) is 18.0 Å². The molecule has 1 aliphatic heterocycles. The number of hydrogen-bond acceptors (Lipinski definition) is 4. The SMILES string of the molecule is COc1cccc(CN2CCN(S(=O)(=O)c3c(C)c(C)cc(C)c3C)CC2)c1.Cl. The van der Waals surface area contributed by atoms with Crippen LogP contribution >= 0.6 is 12.4 Å². The molecule has 0 aromatic heterocycles. The van der Waals surface area contributed by atoms with Crippen LogP contribution in [0.2, 0.25) is 0 Å². The summed E-state index contributed by atoms with van der Waals surface area (Å²) in [5.74, 6) is 0.847. The standard InChI is InChI=1S/C22H30N2O3S.ClH/c1-16-13-17(2)19(4)22(18(16)3)28(25,26)24-11-9-23(10-12-24)15-20-7-6-8-21(14-20)27-5;/h6-8,13-14H,9-12,15H2,1-5H3;1H. The van der Waals surface area contributed by atoms with Gasteiger partial charge in [0.25, 0.3) is 0 Å². The van der Waals surface area contributed by atoms with Gasteiger partial charge < -0.3 is 4.74 Å². The third-order valence-corrected chi connectivity index (χ3v) is 7.94. The van der Waals surface area contributed by atoms with Gasteiger partial charge in [0.1, 0.15) is 5.75 Å². The molecule has 0 bridgehead atoms. The predicted molar refractivity (Wildman–Crippen MR) is 120 cm³/mol. The summed E-state index contributed by atoms with van der Waals surface area (Å²) in [6.45, 7) is 11.0. The van der Waals surface area contributed by atoms with E-state index in [1.807, 2.05) is 45.9 Å². The minimum absolute atomic E-state index is 0. The average molecular weight is 439 g/mol. The molecule has 0 atom stereocenters. The van der Waals surface area contributed by atoms with Crippen molar-refractivity contribution < 1.29 is 13.2 Å². The second kappa shape index (κ2) is 9.47. The van der Waals surface area contributed by atoms with Gasteiger partial charge in [-0.05, 0) is 67.6 Å². The largest absolute Gasteiger partial charge is 0.497 e. The summed E-state index contributed by atoms with van der Waals surface area (Å²) in [5, 5.41) is 0. The van der Waals surface area contributed by atoms with Gasteiger partial charge in [0, 0.05) is 32.7 Å². The Bertz CT molecular complexity index is 942. The molecule has 0 unspecified atom stereocenters. The summed E-state index contributed by atoms with van der Waals surface area (Å²) < 4.78 is 33.7. The Hall–Kier alpha value is -1.60. The zero-order valence-corrected chi connectivity index (χ0v) is 19.5. The van der Waals surface area contributed by atoms with Crippen LogP contribution in [0.1, 0.15) is 27.8 Å². The number of nitrogens with zero attached hydrogens (tertiary/aromatic N) is 2. The Kier molecular flexibility index (Phi) is 7.74. The molecule has 2 aromatic carbocycles. The quantitative estimate of drug-likeness (QED) is 0.711. The van der Waals surface area contributed by atoms with E-state index in [4.69, 9.17) is 4.74 Å². The van der Waals surface area contributed by atoms with E-state index in [1.165, 1.54) is 5.56 Å². The first-order valence-electron chi connectivity index (χ1n) is 9.67. The van der Waals surface area contributed by atoms with Crippen molar-refractivity contribution in [3.8, 4) is 5.75 Å². The molecule has 3 rings (SSSR count). The number of ether oxygens (including phenoxy) is 1. The molecule has 1 heterocycles. The van der Waals surface area contributed by atoms with Gasteiger partial charge in [0.05, 0.1) is 12.0 Å². The summed E-state index contributed by atoms with van der Waals surface area (Å²) in [4.78, 5) is 2.79. The number of hydrogen-bond donors (Lipinski definition) is 0. The number of methoxy groups -OCH3 is 1. The molecule has 1 fully saturated rings. The van der Waals surface area contributed by atoms with E-state index in [2.05, 4.69) is 17.0 Å². The Morgan fingerprint density at radius 2 is 1.52 bits per heavy atom. The molecule has 0 spiro atoms. The van der Waals surface area contributed by atoms with Crippen molar-refractivity contribution in [3.63, 3.8) is 0 Å². The monoisotopic (exact) mass is 438 g/mol. The van der Waals surface area contributed by atoms with E-state index < -0.39 is 10.0 Å². The first-order chi connectivity index (χ1) is 13.2. The summed E-state index contributed by atoms with van der Waals surface area (Å²) in [6.07, 6.45) is 0. The molecule has 29 heavy (non-hydrogen) atoms. The maximum absolute atomic E-state index is 13.4. The van der Waals surface area contributed by atoms with E-state index >= 15 is 0 Å². The van der Waals surface area contributed by atoms with Crippen molar-refractivity contribution in [1.29, 1.82) is 0 Å². The molecule has 7 heteroatoms. The zero-order valence-electron chi connectivity index (χ0n) is 17.9. The van der Waals surface area contributed by atoms with Crippen LogP contribution in [0, 0.1) is 27.7 Å². The van der Waals surface area contributed by atoms with E-state index in [-0.39, 0.29) is 12.4 Å². The number of piperazine rings is 1. The molecule has 5 nitrogen and oxygen atoms in total. The molecule has 0 N–H and O–H groups in total. The molecule has 0 radical (unpaired) electrons. The van der Waals surface area contributed by atoms with Gasteiger partial charge in [-0.25, -0.2) is 8.42 Å². The lowest BCUT2D eigenvalue weighted by molar-refractivity contribution is 0.181. The molecule has 0 amide bonds. The Morgan fingerprint density at radius 1 is 0.931 bits per heavy atom. The smallest absolute Gasteiger partial charge is 0.243 e. The van der Waals surface area contributed by atoms with Gasteiger partial charge in [0.15, 0.2) is 0 Å². The molecular weight excluding hydrogens is 408 g/mol. The summed E-state index contributed by atoms with van der Waals surface area (Å²) in [6, 6.07) is 10.1. The Morgan fingerprint density at radius 3 is 2.07 bits per heavy atom. The highest BCUT2D eigenvalue weighted by Crippen LogP contribution is 2.29.